The van der Waals surface area contributed by atoms with Crippen LogP contribution in [0.5, 0.6) is 0 Å². The number of carbonyl (C=O) groups excluding carboxylic acids is 1. The van der Waals surface area contributed by atoms with E-state index >= 15 is 0 Å². The molecule has 33 heavy (non-hydrogen) atoms. The van der Waals surface area contributed by atoms with Gasteiger partial charge in [0.25, 0.3) is 11.5 Å². The molecular weight excluding hydrogens is 448 g/mol. The zero-order valence-electron chi connectivity index (χ0n) is 18.4. The molecule has 2 aliphatic carbocycles. The van der Waals surface area contributed by atoms with Gasteiger partial charge in [-0.1, -0.05) is 37.3 Å². The van der Waals surface area contributed by atoms with Gasteiger partial charge in [-0.3, -0.25) is 14.2 Å². The molecule has 1 amide bonds. The van der Waals surface area contributed by atoms with Crippen molar-refractivity contribution in [3.05, 3.63) is 55.8 Å². The number of aliphatic hydroxyl groups is 2. The second kappa shape index (κ2) is 9.40. The van der Waals surface area contributed by atoms with Crippen LogP contribution in [0.3, 0.4) is 0 Å². The largest absolute Gasteiger partial charge is 0.388 e. The Morgan fingerprint density at radius 3 is 2.33 bits per heavy atom. The van der Waals surface area contributed by atoms with E-state index in [4.69, 9.17) is 11.6 Å². The molecule has 1 aromatic carbocycles. The lowest BCUT2D eigenvalue weighted by Gasteiger charge is -2.36. The molecule has 2 saturated carbocycles. The average molecular weight is 477 g/mol. The van der Waals surface area contributed by atoms with Crippen LogP contribution in [0, 0.1) is 0 Å². The van der Waals surface area contributed by atoms with E-state index in [0.29, 0.717) is 25.7 Å². The lowest BCUT2D eigenvalue weighted by molar-refractivity contribution is -0.0492. The van der Waals surface area contributed by atoms with Gasteiger partial charge in [0.15, 0.2) is 0 Å². The Labute approximate surface area is 196 Å². The van der Waals surface area contributed by atoms with E-state index in [0.717, 1.165) is 47.5 Å². The van der Waals surface area contributed by atoms with Crippen LogP contribution in [0.25, 0.3) is 5.69 Å². The number of hydrogen-bond donors (Lipinski definition) is 3. The number of benzene rings is 1. The van der Waals surface area contributed by atoms with Gasteiger partial charge in [-0.15, -0.1) is 0 Å². The highest BCUT2D eigenvalue weighted by Crippen LogP contribution is 2.32. The van der Waals surface area contributed by atoms with Crippen LogP contribution in [-0.4, -0.2) is 48.2 Å². The minimum atomic E-state index is -1.06. The molecule has 4 rings (SSSR count). The number of nitrogens with zero attached hydrogens (tertiary/aromatic N) is 3. The molecule has 0 saturated heterocycles. The molecule has 0 unspecified atom stereocenters. The van der Waals surface area contributed by atoms with Crippen LogP contribution >= 0.6 is 11.6 Å². The first-order valence-electron chi connectivity index (χ1n) is 11.4. The molecule has 0 atom stereocenters. The molecule has 1 aromatic heterocycles. The highest BCUT2D eigenvalue weighted by Gasteiger charge is 2.36. The maximum absolute atomic E-state index is 13.0. The summed E-state index contributed by atoms with van der Waals surface area (Å²) in [5.41, 5.74) is -2.91. The zero-order valence-corrected chi connectivity index (χ0v) is 19.2. The molecule has 0 radical (unpaired) electrons. The predicted molar refractivity (Wildman–Crippen MR) is 123 cm³/mol. The number of aromatic nitrogens is 3. The maximum Gasteiger partial charge on any atom is 0.352 e. The summed E-state index contributed by atoms with van der Waals surface area (Å²) < 4.78 is 1.97. The zero-order chi connectivity index (χ0) is 23.6. The van der Waals surface area contributed by atoms with Crippen molar-refractivity contribution in [1.82, 2.24) is 19.7 Å². The van der Waals surface area contributed by atoms with Crippen LogP contribution in [0.2, 0.25) is 5.02 Å². The van der Waals surface area contributed by atoms with Crippen molar-refractivity contribution >= 4 is 17.5 Å². The highest BCUT2D eigenvalue weighted by atomic mass is 35.5. The lowest BCUT2D eigenvalue weighted by Crippen LogP contribution is -2.49. The van der Waals surface area contributed by atoms with E-state index in [9.17, 15) is 24.6 Å². The first-order valence-corrected chi connectivity index (χ1v) is 11.8. The Bertz CT molecular complexity index is 1150. The van der Waals surface area contributed by atoms with Crippen molar-refractivity contribution in [2.75, 3.05) is 6.54 Å². The first-order chi connectivity index (χ1) is 15.7. The number of nitrogens with one attached hydrogen (secondary N) is 1. The Hall–Kier alpha value is -2.49. The number of halogens is 1. The molecule has 0 aliphatic heterocycles. The van der Waals surface area contributed by atoms with Gasteiger partial charge in [0.05, 0.1) is 34.0 Å². The van der Waals surface area contributed by atoms with Crippen molar-refractivity contribution in [2.24, 2.45) is 0 Å². The van der Waals surface area contributed by atoms with Crippen molar-refractivity contribution in [2.45, 2.75) is 75.5 Å². The average Bonchev–Trinajstić information content (AvgIpc) is 2.99. The van der Waals surface area contributed by atoms with Crippen molar-refractivity contribution in [1.29, 1.82) is 0 Å². The summed E-state index contributed by atoms with van der Waals surface area (Å²) in [5, 5.41) is 28.1. The summed E-state index contributed by atoms with van der Waals surface area (Å²) in [4.78, 5) is 38.1. The number of rotatable bonds is 6. The molecule has 3 N–H and O–H groups in total. The molecule has 10 heteroatoms. The van der Waals surface area contributed by atoms with Gasteiger partial charge < -0.3 is 15.5 Å². The van der Waals surface area contributed by atoms with Crippen molar-refractivity contribution < 1.29 is 15.0 Å². The van der Waals surface area contributed by atoms with Crippen LogP contribution in [-0.2, 0) is 6.54 Å². The standard InChI is InChI=1S/C23H29ClN4O5/c24-18-7-6-16(12-17(18)20(30)25-14-22(32)8-3-1-2-4-9-22)28-21(31)27(19(29)13-26-28)15-23(33)10-5-11-23/h6-7,12-13,32-33H,1-5,8-11,14-15H2,(H,25,30). The third kappa shape index (κ3) is 5.20. The minimum Gasteiger partial charge on any atom is -0.388 e. The monoisotopic (exact) mass is 476 g/mol. The van der Waals surface area contributed by atoms with Gasteiger partial charge in [-0.05, 0) is 50.3 Å². The van der Waals surface area contributed by atoms with Crippen LogP contribution in [0.4, 0.5) is 0 Å². The summed E-state index contributed by atoms with van der Waals surface area (Å²) in [6.07, 6.45) is 8.16. The molecule has 2 aromatic rings. The number of amides is 1. The molecular formula is C23H29ClN4O5. The molecule has 178 valence electrons. The van der Waals surface area contributed by atoms with E-state index in [-0.39, 0.29) is 29.4 Å². The van der Waals surface area contributed by atoms with E-state index in [1.54, 1.807) is 0 Å². The van der Waals surface area contributed by atoms with E-state index < -0.39 is 28.4 Å². The van der Waals surface area contributed by atoms with Crippen LogP contribution in [0.1, 0.15) is 68.1 Å². The summed E-state index contributed by atoms with van der Waals surface area (Å²) in [6, 6.07) is 4.44. The van der Waals surface area contributed by atoms with E-state index in [1.807, 2.05) is 0 Å². The van der Waals surface area contributed by atoms with Gasteiger partial charge in [0, 0.05) is 6.54 Å². The Balaban J connectivity index is 1.57. The quantitative estimate of drug-likeness (QED) is 0.545. The van der Waals surface area contributed by atoms with Crippen LogP contribution in [0.15, 0.2) is 34.0 Å². The first kappa shape index (κ1) is 23.7. The topological polar surface area (TPSA) is 126 Å². The maximum atomic E-state index is 13.0. The van der Waals surface area contributed by atoms with Gasteiger partial charge >= 0.3 is 5.69 Å². The normalized spacial score (nSPS) is 19.4. The minimum absolute atomic E-state index is 0.104. The second-order valence-electron chi connectivity index (χ2n) is 9.33. The second-order valence-corrected chi connectivity index (χ2v) is 9.73. The Morgan fingerprint density at radius 1 is 1.03 bits per heavy atom. The number of carbonyl (C=O) groups is 1. The fraction of sp³-hybridized carbons (Fsp3) is 0.565. The molecule has 2 aliphatic rings. The van der Waals surface area contributed by atoms with E-state index in [1.165, 1.54) is 18.2 Å². The third-order valence-electron chi connectivity index (χ3n) is 6.75. The van der Waals surface area contributed by atoms with Gasteiger partial charge in [0.2, 0.25) is 0 Å². The van der Waals surface area contributed by atoms with Crippen LogP contribution < -0.4 is 16.6 Å². The van der Waals surface area contributed by atoms with Gasteiger partial charge in [0.1, 0.15) is 6.20 Å². The summed E-state index contributed by atoms with van der Waals surface area (Å²) in [5.74, 6) is -0.468. The predicted octanol–water partition coefficient (Wildman–Crippen LogP) is 1.78. The third-order valence-corrected chi connectivity index (χ3v) is 7.08. The van der Waals surface area contributed by atoms with E-state index in [2.05, 4.69) is 10.4 Å². The molecule has 0 bridgehead atoms. The Kier molecular flexibility index (Phi) is 6.74. The Morgan fingerprint density at radius 2 is 1.70 bits per heavy atom. The number of hydrogen-bond acceptors (Lipinski definition) is 6. The fourth-order valence-electron chi connectivity index (χ4n) is 4.52. The summed E-state index contributed by atoms with van der Waals surface area (Å²) in [7, 11) is 0. The van der Waals surface area contributed by atoms with Crippen molar-refractivity contribution in [3.8, 4) is 5.69 Å². The molecule has 9 nitrogen and oxygen atoms in total. The molecule has 1 heterocycles. The van der Waals surface area contributed by atoms with Gasteiger partial charge in [-0.2, -0.15) is 9.78 Å². The SMILES string of the molecule is O=C(NCC1(O)CCCCCC1)c1cc(-n2ncc(=O)n(CC3(O)CCC3)c2=O)ccc1Cl. The molecule has 2 fully saturated rings. The summed E-state index contributed by atoms with van der Waals surface area (Å²) in [6.45, 7) is 0.0146. The van der Waals surface area contributed by atoms with Gasteiger partial charge in [-0.25, -0.2) is 4.79 Å². The lowest BCUT2D eigenvalue weighted by atomic mass is 9.80. The highest BCUT2D eigenvalue weighted by molar-refractivity contribution is 6.33. The van der Waals surface area contributed by atoms with Crippen molar-refractivity contribution in [3.63, 3.8) is 0 Å². The summed E-state index contributed by atoms with van der Waals surface area (Å²) >= 11 is 6.25. The fourth-order valence-corrected chi connectivity index (χ4v) is 4.72. The smallest absolute Gasteiger partial charge is 0.352 e. The molecule has 0 spiro atoms.